The zero-order chi connectivity index (χ0) is 50.0. The first kappa shape index (κ1) is 65.1. The van der Waals surface area contributed by atoms with E-state index in [0.29, 0.717) is 19.3 Å². The van der Waals surface area contributed by atoms with Crippen molar-refractivity contribution in [2.45, 2.75) is 258 Å². The van der Waals surface area contributed by atoms with Crippen LogP contribution in [0.4, 0.5) is 0 Å². The number of esters is 3. The van der Waals surface area contributed by atoms with Gasteiger partial charge in [0.15, 0.2) is 6.10 Å². The summed E-state index contributed by atoms with van der Waals surface area (Å²) in [5.74, 6) is -0.984. The Hall–Kier alpha value is -3.93. The van der Waals surface area contributed by atoms with Gasteiger partial charge in [-0.15, -0.1) is 0 Å². The van der Waals surface area contributed by atoms with E-state index in [9.17, 15) is 14.4 Å². The highest BCUT2D eigenvalue weighted by Crippen LogP contribution is 2.13. The molecule has 0 rings (SSSR count). The topological polar surface area (TPSA) is 78.9 Å². The number of carbonyl (C=O) groups is 3. The maximum Gasteiger partial charge on any atom is 0.306 e. The van der Waals surface area contributed by atoms with E-state index in [1.54, 1.807) is 0 Å². The first-order chi connectivity index (χ1) is 34.0. The molecule has 0 aromatic heterocycles. The van der Waals surface area contributed by atoms with Crippen LogP contribution in [0, 0.1) is 0 Å². The number of hydrogen-bond donors (Lipinski definition) is 0. The van der Waals surface area contributed by atoms with E-state index in [-0.39, 0.29) is 37.5 Å². The third kappa shape index (κ3) is 54.9. The molecule has 0 fully saturated rings. The van der Waals surface area contributed by atoms with Crippen molar-refractivity contribution in [3.05, 3.63) is 109 Å². The van der Waals surface area contributed by atoms with Crippen molar-refractivity contribution in [3.63, 3.8) is 0 Å². The highest BCUT2D eigenvalue weighted by Gasteiger charge is 2.19. The molecule has 6 heteroatoms. The number of carbonyl (C=O) groups excluding carboxylic acids is 3. The van der Waals surface area contributed by atoms with Gasteiger partial charge in [0.25, 0.3) is 0 Å². The molecule has 0 bridgehead atoms. The van der Waals surface area contributed by atoms with Crippen molar-refractivity contribution < 1.29 is 28.6 Å². The molecule has 0 N–H and O–H groups in total. The van der Waals surface area contributed by atoms with Crippen LogP contribution in [0.1, 0.15) is 252 Å². The lowest BCUT2D eigenvalue weighted by Gasteiger charge is -2.18. The monoisotopic (exact) mass is 957 g/mol. The van der Waals surface area contributed by atoms with Gasteiger partial charge >= 0.3 is 17.9 Å². The molecule has 392 valence electrons. The Balaban J connectivity index is 4.49. The summed E-state index contributed by atoms with van der Waals surface area (Å²) < 4.78 is 16.8. The van der Waals surface area contributed by atoms with Gasteiger partial charge in [0, 0.05) is 19.3 Å². The smallest absolute Gasteiger partial charge is 0.306 e. The van der Waals surface area contributed by atoms with Crippen molar-refractivity contribution in [3.8, 4) is 0 Å². The van der Waals surface area contributed by atoms with Crippen molar-refractivity contribution >= 4 is 17.9 Å². The minimum absolute atomic E-state index is 0.105. The van der Waals surface area contributed by atoms with Crippen LogP contribution in [-0.4, -0.2) is 37.2 Å². The zero-order valence-corrected chi connectivity index (χ0v) is 44.8. The van der Waals surface area contributed by atoms with E-state index in [1.807, 2.05) is 0 Å². The average Bonchev–Trinajstić information content (AvgIpc) is 3.35. The van der Waals surface area contributed by atoms with Crippen molar-refractivity contribution in [1.82, 2.24) is 0 Å². The van der Waals surface area contributed by atoms with Gasteiger partial charge in [0.05, 0.1) is 0 Å². The van der Waals surface area contributed by atoms with E-state index < -0.39 is 6.10 Å². The maximum atomic E-state index is 12.8. The van der Waals surface area contributed by atoms with Gasteiger partial charge in [0.2, 0.25) is 0 Å². The van der Waals surface area contributed by atoms with Crippen LogP contribution >= 0.6 is 0 Å². The standard InChI is InChI=1S/C63H104O6/c1-4-7-10-13-16-19-22-25-27-28-29-30-31-32-33-34-36-38-41-44-47-50-53-56-62(65)68-59-60(58-67-61(64)55-52-49-46-43-40-37-24-21-18-15-12-9-6-3)69-63(66)57-54-51-48-45-42-39-35-26-23-20-17-14-11-8-5-2/h7,10,16,19,21,24-27,29-30,32-33,35-36,38,44,47,60H,4-6,8-9,11-15,17-18,20,22-23,28,31,34,37,39-43,45-46,48-59H2,1-3H3/b10-7-,19-16-,24-21-,27-25-,30-29-,33-32-,35-26-,38-36-,47-44-. The Bertz CT molecular complexity index is 1420. The van der Waals surface area contributed by atoms with Crippen molar-refractivity contribution in [2.75, 3.05) is 13.2 Å². The number of rotatable bonds is 50. The SMILES string of the molecule is CC/C=C\C/C=C\C/C=C\C/C=C\C/C=C\C/C=C\C/C=C\CCCC(=O)OCC(COC(=O)CCCCCCC/C=C\CCCCCC)OC(=O)CCCCCCC/C=C\CCCCCCCC. The molecule has 0 radical (unpaired) electrons. The molecule has 1 atom stereocenters. The first-order valence-corrected chi connectivity index (χ1v) is 28.4. The fourth-order valence-corrected chi connectivity index (χ4v) is 7.48. The molecule has 69 heavy (non-hydrogen) atoms. The van der Waals surface area contributed by atoms with E-state index in [1.165, 1.54) is 89.9 Å². The molecule has 0 aromatic carbocycles. The second-order valence-corrected chi connectivity index (χ2v) is 18.5. The highest BCUT2D eigenvalue weighted by molar-refractivity contribution is 5.71. The Morgan fingerprint density at radius 2 is 0.580 bits per heavy atom. The van der Waals surface area contributed by atoms with Gasteiger partial charge in [-0.1, -0.05) is 220 Å². The number of allylic oxidation sites excluding steroid dienone is 18. The van der Waals surface area contributed by atoms with Crippen LogP contribution < -0.4 is 0 Å². The zero-order valence-electron chi connectivity index (χ0n) is 44.8. The summed E-state index contributed by atoms with van der Waals surface area (Å²) in [6.45, 7) is 6.44. The number of ether oxygens (including phenoxy) is 3. The molecular formula is C63H104O6. The molecular weight excluding hydrogens is 853 g/mol. The summed E-state index contributed by atoms with van der Waals surface area (Å²) in [4.78, 5) is 38.1. The fraction of sp³-hybridized carbons (Fsp3) is 0.667. The van der Waals surface area contributed by atoms with Crippen molar-refractivity contribution in [2.24, 2.45) is 0 Å². The highest BCUT2D eigenvalue weighted by atomic mass is 16.6. The third-order valence-corrected chi connectivity index (χ3v) is 11.7. The summed E-state index contributed by atoms with van der Waals surface area (Å²) in [7, 11) is 0. The predicted molar refractivity (Wildman–Crippen MR) is 297 cm³/mol. The van der Waals surface area contributed by atoms with E-state index >= 15 is 0 Å². The lowest BCUT2D eigenvalue weighted by Crippen LogP contribution is -2.30. The summed E-state index contributed by atoms with van der Waals surface area (Å²) >= 11 is 0. The molecule has 0 aliphatic rings. The molecule has 0 aliphatic heterocycles. The number of unbranched alkanes of at least 4 members (excludes halogenated alkanes) is 21. The minimum atomic E-state index is -0.811. The van der Waals surface area contributed by atoms with Crippen LogP contribution in [-0.2, 0) is 28.6 Å². The van der Waals surface area contributed by atoms with Gasteiger partial charge in [-0.3, -0.25) is 14.4 Å². The molecule has 0 amide bonds. The fourth-order valence-electron chi connectivity index (χ4n) is 7.48. The summed E-state index contributed by atoms with van der Waals surface area (Å²) in [5, 5.41) is 0. The summed E-state index contributed by atoms with van der Waals surface area (Å²) in [6, 6.07) is 0. The number of hydrogen-bond acceptors (Lipinski definition) is 6. The summed E-state index contributed by atoms with van der Waals surface area (Å²) in [6.07, 6.45) is 76.5. The molecule has 1 unspecified atom stereocenters. The minimum Gasteiger partial charge on any atom is -0.462 e. The van der Waals surface area contributed by atoms with Crippen LogP contribution in [0.5, 0.6) is 0 Å². The van der Waals surface area contributed by atoms with E-state index in [0.717, 1.165) is 116 Å². The Morgan fingerprint density at radius 3 is 0.971 bits per heavy atom. The van der Waals surface area contributed by atoms with E-state index in [4.69, 9.17) is 14.2 Å². The van der Waals surface area contributed by atoms with Gasteiger partial charge < -0.3 is 14.2 Å². The quantitative estimate of drug-likeness (QED) is 0.0262. The molecule has 0 saturated heterocycles. The third-order valence-electron chi connectivity index (χ3n) is 11.7. The van der Waals surface area contributed by atoms with Gasteiger partial charge in [0.1, 0.15) is 13.2 Å². The second-order valence-electron chi connectivity index (χ2n) is 18.5. The first-order valence-electron chi connectivity index (χ1n) is 28.4. The van der Waals surface area contributed by atoms with Gasteiger partial charge in [-0.25, -0.2) is 0 Å². The largest absolute Gasteiger partial charge is 0.462 e. The average molecular weight is 958 g/mol. The molecule has 0 spiro atoms. The second kappa shape index (κ2) is 56.7. The van der Waals surface area contributed by atoms with Crippen LogP contribution in [0.2, 0.25) is 0 Å². The maximum absolute atomic E-state index is 12.8. The summed E-state index contributed by atoms with van der Waals surface area (Å²) in [5.41, 5.74) is 0. The molecule has 6 nitrogen and oxygen atoms in total. The molecule has 0 aromatic rings. The van der Waals surface area contributed by atoms with E-state index in [2.05, 4.69) is 130 Å². The normalized spacial score (nSPS) is 12.9. The Labute approximate surface area is 425 Å². The molecule has 0 heterocycles. The Morgan fingerprint density at radius 1 is 0.304 bits per heavy atom. The molecule has 0 aliphatic carbocycles. The van der Waals surface area contributed by atoms with Crippen LogP contribution in [0.3, 0.4) is 0 Å². The van der Waals surface area contributed by atoms with Crippen LogP contribution in [0.25, 0.3) is 0 Å². The van der Waals surface area contributed by atoms with Gasteiger partial charge in [-0.2, -0.15) is 0 Å². The lowest BCUT2D eigenvalue weighted by molar-refractivity contribution is -0.167. The van der Waals surface area contributed by atoms with Crippen molar-refractivity contribution in [1.29, 1.82) is 0 Å². The van der Waals surface area contributed by atoms with Crippen LogP contribution in [0.15, 0.2) is 109 Å². The van der Waals surface area contributed by atoms with Gasteiger partial charge in [-0.05, 0) is 122 Å². The molecule has 0 saturated carbocycles. The lowest BCUT2D eigenvalue weighted by atomic mass is 10.1. The predicted octanol–water partition coefficient (Wildman–Crippen LogP) is 19.1. The Kier molecular flexibility index (Phi) is 53.4.